The van der Waals surface area contributed by atoms with Gasteiger partial charge in [-0.2, -0.15) is 0 Å². The normalized spacial score (nSPS) is 19.5. The molecule has 2 aliphatic rings. The molecule has 1 aromatic carbocycles. The SMILES string of the molecule is O=C(NC1CC1)c1cc(Br)cc([N+](=O)[O-])c1N[C@@H]1CCCN(C(=O)CCl)C1. The fourth-order valence-electron chi connectivity index (χ4n) is 3.17. The molecule has 8 nitrogen and oxygen atoms in total. The summed E-state index contributed by atoms with van der Waals surface area (Å²) in [5.41, 5.74) is 0.237. The zero-order chi connectivity index (χ0) is 19.6. The number of amides is 2. The van der Waals surface area contributed by atoms with Crippen molar-refractivity contribution in [1.82, 2.24) is 10.2 Å². The summed E-state index contributed by atoms with van der Waals surface area (Å²) in [6.45, 7) is 1.00. The molecule has 0 aromatic heterocycles. The Morgan fingerprint density at radius 2 is 2.04 bits per heavy atom. The third kappa shape index (κ3) is 4.90. The first-order valence-corrected chi connectivity index (χ1v) is 10.1. The van der Waals surface area contributed by atoms with Crippen LogP contribution in [0.5, 0.6) is 0 Å². The largest absolute Gasteiger partial charge is 0.374 e. The number of piperidine rings is 1. The van der Waals surface area contributed by atoms with Crippen LogP contribution in [0.2, 0.25) is 0 Å². The molecular formula is C17H20BrClN4O4. The molecule has 1 heterocycles. The van der Waals surface area contributed by atoms with Crippen LogP contribution in [0.25, 0.3) is 0 Å². The third-order valence-corrected chi connectivity index (χ3v) is 5.36. The first-order valence-electron chi connectivity index (χ1n) is 8.78. The molecule has 3 rings (SSSR count). The van der Waals surface area contributed by atoms with Gasteiger partial charge in [-0.25, -0.2) is 0 Å². The van der Waals surface area contributed by atoms with Gasteiger partial charge in [-0.15, -0.1) is 11.6 Å². The van der Waals surface area contributed by atoms with Crippen molar-refractivity contribution < 1.29 is 14.5 Å². The van der Waals surface area contributed by atoms with Crippen LogP contribution < -0.4 is 10.6 Å². The number of alkyl halides is 1. The summed E-state index contributed by atoms with van der Waals surface area (Å²) >= 11 is 8.89. The quantitative estimate of drug-likeness (QED) is 0.387. The molecule has 0 spiro atoms. The Hall–Kier alpha value is -1.87. The Labute approximate surface area is 169 Å². The molecule has 146 valence electrons. The van der Waals surface area contributed by atoms with Gasteiger partial charge < -0.3 is 15.5 Å². The van der Waals surface area contributed by atoms with Gasteiger partial charge in [-0.05, 0) is 31.7 Å². The van der Waals surface area contributed by atoms with E-state index in [9.17, 15) is 19.7 Å². The Morgan fingerprint density at radius 3 is 2.67 bits per heavy atom. The third-order valence-electron chi connectivity index (χ3n) is 4.67. The van der Waals surface area contributed by atoms with Crippen LogP contribution >= 0.6 is 27.5 Å². The summed E-state index contributed by atoms with van der Waals surface area (Å²) in [6, 6.07) is 2.89. The second kappa shape index (κ2) is 8.43. The van der Waals surface area contributed by atoms with E-state index in [0.29, 0.717) is 17.6 Å². The minimum absolute atomic E-state index is 0.0970. The lowest BCUT2D eigenvalue weighted by Crippen LogP contribution is -2.46. The lowest BCUT2D eigenvalue weighted by Gasteiger charge is -2.33. The van der Waals surface area contributed by atoms with Gasteiger partial charge in [0.15, 0.2) is 0 Å². The average molecular weight is 460 g/mol. The van der Waals surface area contributed by atoms with E-state index in [1.54, 1.807) is 11.0 Å². The molecule has 10 heteroatoms. The molecule has 0 unspecified atom stereocenters. The van der Waals surface area contributed by atoms with Gasteiger partial charge in [0, 0.05) is 35.7 Å². The van der Waals surface area contributed by atoms with Gasteiger partial charge in [0.25, 0.3) is 11.6 Å². The molecule has 0 radical (unpaired) electrons. The predicted molar refractivity (Wildman–Crippen MR) is 105 cm³/mol. The second-order valence-electron chi connectivity index (χ2n) is 6.81. The highest BCUT2D eigenvalue weighted by molar-refractivity contribution is 9.10. The number of anilines is 1. The number of likely N-dealkylation sites (tertiary alicyclic amines) is 1. The van der Waals surface area contributed by atoms with Gasteiger partial charge in [0.1, 0.15) is 11.6 Å². The van der Waals surface area contributed by atoms with E-state index in [1.807, 2.05) is 0 Å². The summed E-state index contributed by atoms with van der Waals surface area (Å²) in [5, 5.41) is 17.6. The molecule has 27 heavy (non-hydrogen) atoms. The van der Waals surface area contributed by atoms with Crippen LogP contribution in [-0.2, 0) is 4.79 Å². The number of carbonyl (C=O) groups is 2. The van der Waals surface area contributed by atoms with Gasteiger partial charge in [0.2, 0.25) is 5.91 Å². The zero-order valence-electron chi connectivity index (χ0n) is 14.5. The van der Waals surface area contributed by atoms with Crippen LogP contribution in [0.3, 0.4) is 0 Å². The monoisotopic (exact) mass is 458 g/mol. The number of hydrogen-bond donors (Lipinski definition) is 2. The minimum atomic E-state index is -0.508. The molecule has 1 atom stereocenters. The zero-order valence-corrected chi connectivity index (χ0v) is 16.9. The highest BCUT2D eigenvalue weighted by Crippen LogP contribution is 2.34. The van der Waals surface area contributed by atoms with E-state index in [-0.39, 0.29) is 46.7 Å². The van der Waals surface area contributed by atoms with Gasteiger partial charge in [-0.1, -0.05) is 15.9 Å². The van der Waals surface area contributed by atoms with Crippen LogP contribution in [-0.4, -0.2) is 52.7 Å². The Bertz CT molecular complexity index is 772. The lowest BCUT2D eigenvalue weighted by atomic mass is 10.0. The van der Waals surface area contributed by atoms with Crippen molar-refractivity contribution in [2.75, 3.05) is 24.3 Å². The Kier molecular flexibility index (Phi) is 6.21. The number of rotatable bonds is 6. The number of carbonyl (C=O) groups excluding carboxylic acids is 2. The maximum Gasteiger partial charge on any atom is 0.294 e. The number of nitro groups is 1. The molecule has 1 aliphatic heterocycles. The van der Waals surface area contributed by atoms with Crippen LogP contribution in [0.1, 0.15) is 36.0 Å². The Morgan fingerprint density at radius 1 is 1.30 bits per heavy atom. The minimum Gasteiger partial charge on any atom is -0.374 e. The van der Waals surface area contributed by atoms with Crippen molar-refractivity contribution in [1.29, 1.82) is 0 Å². The van der Waals surface area contributed by atoms with Crippen molar-refractivity contribution >= 4 is 50.7 Å². The van der Waals surface area contributed by atoms with Crippen molar-refractivity contribution in [3.8, 4) is 0 Å². The van der Waals surface area contributed by atoms with Crippen LogP contribution in [0.15, 0.2) is 16.6 Å². The van der Waals surface area contributed by atoms with Gasteiger partial charge >= 0.3 is 0 Å². The van der Waals surface area contributed by atoms with Gasteiger partial charge in [-0.3, -0.25) is 19.7 Å². The van der Waals surface area contributed by atoms with E-state index in [0.717, 1.165) is 25.7 Å². The summed E-state index contributed by atoms with van der Waals surface area (Å²) in [7, 11) is 0. The summed E-state index contributed by atoms with van der Waals surface area (Å²) in [6.07, 6.45) is 3.34. The van der Waals surface area contributed by atoms with E-state index in [1.165, 1.54) is 6.07 Å². The van der Waals surface area contributed by atoms with Crippen molar-refractivity contribution in [2.45, 2.75) is 37.8 Å². The average Bonchev–Trinajstić information content (AvgIpc) is 3.46. The smallest absolute Gasteiger partial charge is 0.294 e. The number of hydrogen-bond acceptors (Lipinski definition) is 5. The van der Waals surface area contributed by atoms with Crippen molar-refractivity contribution in [2.24, 2.45) is 0 Å². The molecule has 1 saturated heterocycles. The first-order chi connectivity index (χ1) is 12.9. The van der Waals surface area contributed by atoms with E-state index >= 15 is 0 Å². The highest BCUT2D eigenvalue weighted by Gasteiger charge is 2.31. The summed E-state index contributed by atoms with van der Waals surface area (Å²) in [4.78, 5) is 37.2. The summed E-state index contributed by atoms with van der Waals surface area (Å²) < 4.78 is 0.461. The maximum atomic E-state index is 12.6. The second-order valence-corrected chi connectivity index (χ2v) is 7.99. The first kappa shape index (κ1) is 19.9. The Balaban J connectivity index is 1.88. The lowest BCUT2D eigenvalue weighted by molar-refractivity contribution is -0.384. The van der Waals surface area contributed by atoms with E-state index in [4.69, 9.17) is 11.6 Å². The molecule has 1 saturated carbocycles. The highest BCUT2D eigenvalue weighted by atomic mass is 79.9. The molecule has 1 aliphatic carbocycles. The molecule has 2 N–H and O–H groups in total. The fourth-order valence-corrected chi connectivity index (χ4v) is 3.78. The fraction of sp³-hybridized carbons (Fsp3) is 0.529. The molecule has 2 amide bonds. The van der Waals surface area contributed by atoms with Crippen molar-refractivity contribution in [3.63, 3.8) is 0 Å². The number of halogens is 2. The van der Waals surface area contributed by atoms with E-state index in [2.05, 4.69) is 26.6 Å². The maximum absolute atomic E-state index is 12.6. The molecular weight excluding hydrogens is 440 g/mol. The number of nitro benzene ring substituents is 1. The topological polar surface area (TPSA) is 105 Å². The van der Waals surface area contributed by atoms with E-state index < -0.39 is 4.92 Å². The number of nitrogens with zero attached hydrogens (tertiary/aromatic N) is 2. The molecule has 0 bridgehead atoms. The molecule has 1 aromatic rings. The predicted octanol–water partition coefficient (Wildman–Crippen LogP) is 2.89. The van der Waals surface area contributed by atoms with Crippen LogP contribution in [0, 0.1) is 10.1 Å². The van der Waals surface area contributed by atoms with Crippen molar-refractivity contribution in [3.05, 3.63) is 32.3 Å². The summed E-state index contributed by atoms with van der Waals surface area (Å²) in [5.74, 6) is -0.603. The standard InChI is InChI=1S/C17H20BrClN4O4/c18-10-6-13(17(25)21-11-3-4-11)16(14(7-10)23(26)27)20-12-2-1-5-22(9-12)15(24)8-19/h6-7,11-12,20H,1-5,8-9H2,(H,21,25)/t12-/m1/s1. The number of benzene rings is 1. The van der Waals surface area contributed by atoms with Crippen LogP contribution in [0.4, 0.5) is 11.4 Å². The van der Waals surface area contributed by atoms with Gasteiger partial charge in [0.05, 0.1) is 10.5 Å². The molecule has 2 fully saturated rings. The number of nitrogens with one attached hydrogen (secondary N) is 2.